The van der Waals surface area contributed by atoms with Gasteiger partial charge >= 0.3 is 16.8 Å². The fourth-order valence-corrected chi connectivity index (χ4v) is 3.93. The molecule has 2 aromatic heterocycles. The highest BCUT2D eigenvalue weighted by Crippen LogP contribution is 2.35. The van der Waals surface area contributed by atoms with Gasteiger partial charge in [-0.25, -0.2) is 4.98 Å². The van der Waals surface area contributed by atoms with Crippen molar-refractivity contribution in [1.29, 1.82) is 0 Å². The van der Waals surface area contributed by atoms with Gasteiger partial charge in [0, 0.05) is 21.0 Å². The van der Waals surface area contributed by atoms with Crippen molar-refractivity contribution in [2.45, 2.75) is 38.4 Å². The second-order valence-electron chi connectivity index (χ2n) is 6.42. The smallest absolute Gasteiger partial charge is 0.311 e. The molecule has 0 radical (unpaired) electrons. The number of carbonyl (C=O) groups is 2. The summed E-state index contributed by atoms with van der Waals surface area (Å²) in [6.45, 7) is 2.78. The van der Waals surface area contributed by atoms with E-state index in [2.05, 4.69) is 9.97 Å². The fourth-order valence-electron chi connectivity index (χ4n) is 3.11. The number of fused-ring (bicyclic) bond motifs is 1. The Kier molecular flexibility index (Phi) is 6.97. The van der Waals surface area contributed by atoms with Crippen LogP contribution in [0, 0.1) is 0 Å². The normalized spacial score (nSPS) is 23.6. The number of thiazole rings is 1. The van der Waals surface area contributed by atoms with Gasteiger partial charge in [0.2, 0.25) is 5.95 Å². The monoisotopic (exact) mass is 442 g/mol. The minimum Gasteiger partial charge on any atom is -0.463 e. The molecule has 0 amide bonds. The minimum atomic E-state index is -1.07. The van der Waals surface area contributed by atoms with E-state index < -0.39 is 41.4 Å². The van der Waals surface area contributed by atoms with Gasteiger partial charge in [-0.3, -0.25) is 19.0 Å². The fraction of sp³-hybridized carbons (Fsp3) is 0.588. The molecule has 0 unspecified atom stereocenters. The summed E-state index contributed by atoms with van der Waals surface area (Å²) < 4.78 is 29.1. The molecule has 0 saturated carbocycles. The number of methoxy groups -OCH3 is 1. The summed E-state index contributed by atoms with van der Waals surface area (Å²) >= 11 is 0.898. The summed E-state index contributed by atoms with van der Waals surface area (Å²) in [4.78, 5) is 43.4. The Morgan fingerprint density at radius 1 is 1.27 bits per heavy atom. The first-order valence-electron chi connectivity index (χ1n) is 9.02. The lowest BCUT2D eigenvalue weighted by Crippen LogP contribution is -2.41. The number of hydrogen-bond acceptors (Lipinski definition) is 12. The van der Waals surface area contributed by atoms with Gasteiger partial charge in [0.25, 0.3) is 0 Å². The molecule has 3 heterocycles. The van der Waals surface area contributed by atoms with E-state index in [9.17, 15) is 14.4 Å². The molecule has 0 aliphatic carbocycles. The van der Waals surface area contributed by atoms with Crippen LogP contribution in [0.15, 0.2) is 11.0 Å². The van der Waals surface area contributed by atoms with Gasteiger partial charge in [0.15, 0.2) is 18.0 Å². The van der Waals surface area contributed by atoms with Crippen LogP contribution in [-0.4, -0.2) is 71.7 Å². The van der Waals surface area contributed by atoms with Crippen molar-refractivity contribution in [1.82, 2.24) is 14.5 Å². The molecule has 13 heteroatoms. The summed E-state index contributed by atoms with van der Waals surface area (Å²) in [5.74, 6) is -1.13. The number of nitrogen functional groups attached to an aromatic ring is 1. The lowest BCUT2D eigenvalue weighted by molar-refractivity contribution is -0.158. The minimum absolute atomic E-state index is 0.0274. The maximum atomic E-state index is 12.7. The van der Waals surface area contributed by atoms with E-state index in [1.807, 2.05) is 0 Å². The number of carbonyl (C=O) groups excluding carboxylic acids is 2. The first-order valence-corrected chi connectivity index (χ1v) is 9.83. The molecule has 4 atom stereocenters. The summed E-state index contributed by atoms with van der Waals surface area (Å²) in [5, 5.41) is 0. The maximum Gasteiger partial charge on any atom is 0.311 e. The molecule has 1 fully saturated rings. The molecule has 0 spiro atoms. The maximum absolute atomic E-state index is 12.7. The molecule has 1 aliphatic heterocycles. The summed E-state index contributed by atoms with van der Waals surface area (Å²) in [6, 6.07) is 0. The van der Waals surface area contributed by atoms with Crippen LogP contribution in [0.25, 0.3) is 10.3 Å². The number of nitrogens with two attached hydrogens (primary N) is 1. The number of anilines is 1. The molecule has 12 nitrogen and oxygen atoms in total. The van der Waals surface area contributed by atoms with Crippen molar-refractivity contribution < 1.29 is 33.3 Å². The van der Waals surface area contributed by atoms with Gasteiger partial charge in [0.1, 0.15) is 18.8 Å². The third-order valence-corrected chi connectivity index (χ3v) is 5.15. The summed E-state index contributed by atoms with van der Waals surface area (Å²) in [5.41, 5.74) is 5.92. The highest BCUT2D eigenvalue weighted by molar-refractivity contribution is 7.16. The van der Waals surface area contributed by atoms with Crippen molar-refractivity contribution in [3.8, 4) is 0 Å². The molecule has 1 aliphatic rings. The zero-order valence-electron chi connectivity index (χ0n) is 16.6. The van der Waals surface area contributed by atoms with E-state index in [1.165, 1.54) is 31.7 Å². The van der Waals surface area contributed by atoms with Crippen LogP contribution < -0.4 is 10.6 Å². The average molecular weight is 442 g/mol. The Balaban J connectivity index is 2.02. The van der Waals surface area contributed by atoms with E-state index in [-0.39, 0.29) is 31.4 Å². The van der Waals surface area contributed by atoms with E-state index in [1.54, 1.807) is 0 Å². The lowest BCUT2D eigenvalue weighted by Gasteiger charge is -2.24. The molecule has 2 N–H and O–H groups in total. The molecular formula is C17H22N4O8S. The predicted octanol–water partition coefficient (Wildman–Crippen LogP) is -0.141. The van der Waals surface area contributed by atoms with Gasteiger partial charge in [-0.2, -0.15) is 4.98 Å². The van der Waals surface area contributed by atoms with Crippen LogP contribution >= 0.6 is 11.3 Å². The number of esters is 2. The SMILES string of the molecule is COCCO[C@@H]1[C@@H](OC(C)=O)[C@H](n2c(=O)sc3cnc(N)nc32)O[C@@H]1COC(C)=O. The molecule has 3 rings (SSSR count). The van der Waals surface area contributed by atoms with E-state index in [0.29, 0.717) is 4.70 Å². The second-order valence-corrected chi connectivity index (χ2v) is 7.42. The number of ether oxygens (including phenoxy) is 5. The topological polar surface area (TPSA) is 154 Å². The largest absolute Gasteiger partial charge is 0.463 e. The first-order chi connectivity index (χ1) is 14.3. The zero-order chi connectivity index (χ0) is 21.8. The van der Waals surface area contributed by atoms with E-state index >= 15 is 0 Å². The Labute approximate surface area is 174 Å². The van der Waals surface area contributed by atoms with Crippen LogP contribution in [0.1, 0.15) is 20.1 Å². The quantitative estimate of drug-likeness (QED) is 0.429. The third kappa shape index (κ3) is 4.75. The summed E-state index contributed by atoms with van der Waals surface area (Å²) in [7, 11) is 1.51. The van der Waals surface area contributed by atoms with Crippen molar-refractivity contribution >= 4 is 39.6 Å². The molecule has 30 heavy (non-hydrogen) atoms. The van der Waals surface area contributed by atoms with Crippen LogP contribution in [-0.2, 0) is 33.3 Å². The number of rotatable bonds is 8. The van der Waals surface area contributed by atoms with Gasteiger partial charge in [0.05, 0.1) is 24.1 Å². The first kappa shape index (κ1) is 22.1. The third-order valence-electron chi connectivity index (χ3n) is 4.27. The summed E-state index contributed by atoms with van der Waals surface area (Å²) in [6.07, 6.45) is -2.28. The molecular weight excluding hydrogens is 420 g/mol. The van der Waals surface area contributed by atoms with Crippen LogP contribution in [0.4, 0.5) is 5.95 Å². The standard InChI is InChI=1S/C17H22N4O8S/c1-8(22)27-7-10-12(26-5-4-25-3)13(28-9(2)23)15(29-10)21-14-11(30-17(21)24)6-19-16(18)20-14/h6,10,12-13,15H,4-5,7H2,1-3H3,(H2,18,19,20)/t10-,12+,13-,15-/m1/s1. The van der Waals surface area contributed by atoms with Crippen molar-refractivity contribution in [3.63, 3.8) is 0 Å². The van der Waals surface area contributed by atoms with Crippen LogP contribution in [0.5, 0.6) is 0 Å². The van der Waals surface area contributed by atoms with Gasteiger partial charge in [-0.05, 0) is 0 Å². The van der Waals surface area contributed by atoms with Crippen LogP contribution in [0.2, 0.25) is 0 Å². The highest BCUT2D eigenvalue weighted by Gasteiger charge is 2.50. The van der Waals surface area contributed by atoms with Crippen LogP contribution in [0.3, 0.4) is 0 Å². The molecule has 2 aromatic rings. The molecule has 0 bridgehead atoms. The van der Waals surface area contributed by atoms with Crippen molar-refractivity contribution in [2.24, 2.45) is 0 Å². The Hall–Kier alpha value is -2.61. The van der Waals surface area contributed by atoms with E-state index in [0.717, 1.165) is 11.3 Å². The zero-order valence-corrected chi connectivity index (χ0v) is 17.4. The average Bonchev–Trinajstić information content (AvgIpc) is 3.16. The number of hydrogen-bond donors (Lipinski definition) is 1. The van der Waals surface area contributed by atoms with E-state index in [4.69, 9.17) is 29.4 Å². The Bertz CT molecular complexity index is 976. The number of nitrogens with zero attached hydrogens (tertiary/aromatic N) is 3. The van der Waals surface area contributed by atoms with Gasteiger partial charge < -0.3 is 29.4 Å². The Morgan fingerprint density at radius 2 is 2.03 bits per heavy atom. The molecule has 164 valence electrons. The lowest BCUT2D eigenvalue weighted by atomic mass is 10.1. The van der Waals surface area contributed by atoms with Gasteiger partial charge in [-0.15, -0.1) is 0 Å². The van der Waals surface area contributed by atoms with Crippen molar-refractivity contribution in [2.75, 3.05) is 32.7 Å². The second kappa shape index (κ2) is 9.47. The molecule has 1 saturated heterocycles. The number of aromatic nitrogens is 3. The highest BCUT2D eigenvalue weighted by atomic mass is 32.1. The van der Waals surface area contributed by atoms with Crippen molar-refractivity contribution in [3.05, 3.63) is 15.9 Å². The molecule has 0 aromatic carbocycles. The predicted molar refractivity (Wildman–Crippen MR) is 104 cm³/mol. The Morgan fingerprint density at radius 3 is 2.70 bits per heavy atom. The van der Waals surface area contributed by atoms with Gasteiger partial charge in [-0.1, -0.05) is 11.3 Å².